The molecule has 0 radical (unpaired) electrons. The highest BCUT2D eigenvalue weighted by molar-refractivity contribution is 5.92. The molecule has 1 aliphatic rings. The number of aliphatic hydroxyl groups excluding tert-OH is 1. The molecule has 1 fully saturated rings. The smallest absolute Gasteiger partial charge is 0.270 e. The average Bonchev–Trinajstić information content (AvgIpc) is 2.96. The molecule has 1 aliphatic heterocycles. The fourth-order valence-corrected chi connectivity index (χ4v) is 2.99. The maximum atomic E-state index is 12.6. The van der Waals surface area contributed by atoms with Crippen molar-refractivity contribution in [2.24, 2.45) is 5.41 Å². The van der Waals surface area contributed by atoms with Crippen LogP contribution in [-0.4, -0.2) is 40.2 Å². The minimum absolute atomic E-state index is 0.0246. The second-order valence-electron chi connectivity index (χ2n) is 6.20. The van der Waals surface area contributed by atoms with Crippen LogP contribution in [0.2, 0.25) is 0 Å². The van der Waals surface area contributed by atoms with Crippen LogP contribution in [0.3, 0.4) is 0 Å². The van der Waals surface area contributed by atoms with Gasteiger partial charge in [-0.15, -0.1) is 0 Å². The molecule has 1 aromatic heterocycles. The molecule has 2 rings (SSSR count). The van der Waals surface area contributed by atoms with Crippen LogP contribution in [-0.2, 0) is 0 Å². The lowest BCUT2D eigenvalue weighted by atomic mass is 9.77. The monoisotopic (exact) mass is 278 g/mol. The molecule has 4 nitrogen and oxygen atoms in total. The van der Waals surface area contributed by atoms with Crippen molar-refractivity contribution < 1.29 is 9.90 Å². The van der Waals surface area contributed by atoms with E-state index in [1.807, 2.05) is 27.8 Å². The summed E-state index contributed by atoms with van der Waals surface area (Å²) in [6.07, 6.45) is 4.74. The van der Waals surface area contributed by atoms with Gasteiger partial charge in [0.15, 0.2) is 0 Å². The van der Waals surface area contributed by atoms with Crippen molar-refractivity contribution in [1.82, 2.24) is 9.47 Å². The standard InChI is InChI=1S/C16H26N2O2/c1-4-16(12-19)7-10-17(11-8-16)15(20)14-6-5-9-18(14)13(2)3/h5-6,9,13,19H,4,7-8,10-12H2,1-3H3. The fourth-order valence-electron chi connectivity index (χ4n) is 2.99. The Labute approximate surface area is 121 Å². The summed E-state index contributed by atoms with van der Waals surface area (Å²) >= 11 is 0. The molecule has 0 bridgehead atoms. The van der Waals surface area contributed by atoms with E-state index in [1.54, 1.807) is 0 Å². The van der Waals surface area contributed by atoms with E-state index < -0.39 is 0 Å². The molecule has 0 atom stereocenters. The number of nitrogens with zero attached hydrogens (tertiary/aromatic N) is 2. The number of likely N-dealkylation sites (tertiary alicyclic amines) is 1. The first kappa shape index (κ1) is 15.1. The van der Waals surface area contributed by atoms with Crippen LogP contribution in [0.5, 0.6) is 0 Å². The molecule has 0 unspecified atom stereocenters. The molecular weight excluding hydrogens is 252 g/mol. The molecular formula is C16H26N2O2. The number of aliphatic hydroxyl groups is 1. The van der Waals surface area contributed by atoms with Crippen LogP contribution in [0.25, 0.3) is 0 Å². The molecule has 2 heterocycles. The van der Waals surface area contributed by atoms with Gasteiger partial charge in [0.1, 0.15) is 5.69 Å². The summed E-state index contributed by atoms with van der Waals surface area (Å²) in [5.74, 6) is 0.117. The van der Waals surface area contributed by atoms with Gasteiger partial charge in [0, 0.05) is 31.9 Å². The van der Waals surface area contributed by atoms with Crippen LogP contribution in [0.15, 0.2) is 18.3 Å². The van der Waals surface area contributed by atoms with Crippen molar-refractivity contribution in [3.63, 3.8) is 0 Å². The normalized spacial score (nSPS) is 18.6. The highest BCUT2D eigenvalue weighted by Gasteiger charge is 2.34. The van der Waals surface area contributed by atoms with Crippen LogP contribution in [0.1, 0.15) is 56.6 Å². The van der Waals surface area contributed by atoms with E-state index in [0.29, 0.717) is 6.04 Å². The van der Waals surface area contributed by atoms with Gasteiger partial charge >= 0.3 is 0 Å². The van der Waals surface area contributed by atoms with Crippen molar-refractivity contribution >= 4 is 5.91 Å². The summed E-state index contributed by atoms with van der Waals surface area (Å²) in [5, 5.41) is 9.56. The first-order chi connectivity index (χ1) is 9.53. The predicted octanol–water partition coefficient (Wildman–Crippen LogP) is 2.69. The Bertz CT molecular complexity index is 451. The zero-order valence-corrected chi connectivity index (χ0v) is 12.8. The predicted molar refractivity (Wildman–Crippen MR) is 79.8 cm³/mol. The fraction of sp³-hybridized carbons (Fsp3) is 0.688. The van der Waals surface area contributed by atoms with Gasteiger partial charge in [0.2, 0.25) is 0 Å². The van der Waals surface area contributed by atoms with Crippen molar-refractivity contribution in [2.45, 2.75) is 46.1 Å². The van der Waals surface area contributed by atoms with E-state index in [-0.39, 0.29) is 17.9 Å². The molecule has 1 amide bonds. The largest absolute Gasteiger partial charge is 0.396 e. The van der Waals surface area contributed by atoms with Gasteiger partial charge < -0.3 is 14.6 Å². The number of hydrogen-bond acceptors (Lipinski definition) is 2. The summed E-state index contributed by atoms with van der Waals surface area (Å²) < 4.78 is 2.02. The van der Waals surface area contributed by atoms with Crippen LogP contribution in [0.4, 0.5) is 0 Å². The molecule has 1 saturated heterocycles. The summed E-state index contributed by atoms with van der Waals surface area (Å²) in [4.78, 5) is 14.5. The molecule has 20 heavy (non-hydrogen) atoms. The summed E-state index contributed by atoms with van der Waals surface area (Å²) in [6, 6.07) is 4.12. The number of carbonyl (C=O) groups is 1. The number of aromatic nitrogens is 1. The van der Waals surface area contributed by atoms with Crippen LogP contribution >= 0.6 is 0 Å². The van der Waals surface area contributed by atoms with E-state index in [4.69, 9.17) is 0 Å². The Morgan fingerprint density at radius 2 is 2.05 bits per heavy atom. The summed E-state index contributed by atoms with van der Waals surface area (Å²) in [7, 11) is 0. The first-order valence-corrected chi connectivity index (χ1v) is 7.60. The first-order valence-electron chi connectivity index (χ1n) is 7.60. The maximum Gasteiger partial charge on any atom is 0.270 e. The molecule has 0 saturated carbocycles. The van der Waals surface area contributed by atoms with E-state index in [1.165, 1.54) is 0 Å². The van der Waals surface area contributed by atoms with Crippen molar-refractivity contribution in [1.29, 1.82) is 0 Å². The number of rotatable bonds is 4. The molecule has 0 spiro atoms. The third-order valence-electron chi connectivity index (χ3n) is 4.75. The second-order valence-corrected chi connectivity index (χ2v) is 6.20. The third-order valence-corrected chi connectivity index (χ3v) is 4.75. The average molecular weight is 278 g/mol. The Balaban J connectivity index is 2.07. The lowest BCUT2D eigenvalue weighted by molar-refractivity contribution is 0.0331. The number of carbonyl (C=O) groups excluding carboxylic acids is 1. The lowest BCUT2D eigenvalue weighted by Crippen LogP contribution is -2.45. The molecule has 0 aromatic carbocycles. The topological polar surface area (TPSA) is 45.5 Å². The Morgan fingerprint density at radius 1 is 1.40 bits per heavy atom. The minimum atomic E-state index is 0.0246. The second kappa shape index (κ2) is 6.00. The lowest BCUT2D eigenvalue weighted by Gasteiger charge is -2.40. The van der Waals surface area contributed by atoms with E-state index >= 15 is 0 Å². The molecule has 112 valence electrons. The minimum Gasteiger partial charge on any atom is -0.396 e. The molecule has 1 N–H and O–H groups in total. The Hall–Kier alpha value is -1.29. The van der Waals surface area contributed by atoms with Gasteiger partial charge in [-0.05, 0) is 50.7 Å². The molecule has 4 heteroatoms. The highest BCUT2D eigenvalue weighted by atomic mass is 16.3. The Morgan fingerprint density at radius 3 is 2.55 bits per heavy atom. The van der Waals surface area contributed by atoms with E-state index in [2.05, 4.69) is 20.8 Å². The van der Waals surface area contributed by atoms with E-state index in [9.17, 15) is 9.90 Å². The van der Waals surface area contributed by atoms with E-state index in [0.717, 1.165) is 38.0 Å². The summed E-state index contributed by atoms with van der Waals surface area (Å²) in [6.45, 7) is 8.01. The number of amides is 1. The number of piperidine rings is 1. The summed E-state index contributed by atoms with van der Waals surface area (Å²) in [5.41, 5.74) is 0.796. The van der Waals surface area contributed by atoms with Crippen molar-refractivity contribution in [3.8, 4) is 0 Å². The van der Waals surface area contributed by atoms with Crippen LogP contribution < -0.4 is 0 Å². The van der Waals surface area contributed by atoms with Gasteiger partial charge in [0.25, 0.3) is 5.91 Å². The van der Waals surface area contributed by atoms with Gasteiger partial charge in [-0.3, -0.25) is 4.79 Å². The van der Waals surface area contributed by atoms with Gasteiger partial charge in [-0.2, -0.15) is 0 Å². The zero-order valence-electron chi connectivity index (χ0n) is 12.8. The van der Waals surface area contributed by atoms with Crippen molar-refractivity contribution in [3.05, 3.63) is 24.0 Å². The molecule has 1 aromatic rings. The third kappa shape index (κ3) is 2.75. The van der Waals surface area contributed by atoms with Gasteiger partial charge in [-0.1, -0.05) is 6.92 Å². The zero-order chi connectivity index (χ0) is 14.8. The van der Waals surface area contributed by atoms with Gasteiger partial charge in [-0.25, -0.2) is 0 Å². The van der Waals surface area contributed by atoms with Crippen molar-refractivity contribution in [2.75, 3.05) is 19.7 Å². The number of hydrogen-bond donors (Lipinski definition) is 1. The molecule has 0 aliphatic carbocycles. The maximum absolute atomic E-state index is 12.6. The quantitative estimate of drug-likeness (QED) is 0.920. The van der Waals surface area contributed by atoms with Gasteiger partial charge in [0.05, 0.1) is 0 Å². The Kier molecular flexibility index (Phi) is 4.53. The highest BCUT2D eigenvalue weighted by Crippen LogP contribution is 2.34. The van der Waals surface area contributed by atoms with Crippen LogP contribution in [0, 0.1) is 5.41 Å². The SMILES string of the molecule is CCC1(CO)CCN(C(=O)c2cccn2C(C)C)CC1.